The average Bonchev–Trinajstić information content (AvgIpc) is 2.61. The Morgan fingerprint density at radius 1 is 0.889 bits per heavy atom. The lowest BCUT2D eigenvalue weighted by Crippen LogP contribution is -2.40. The molecule has 0 aliphatic carbocycles. The molecule has 0 aromatic heterocycles. The highest BCUT2D eigenvalue weighted by Gasteiger charge is 2.14. The third-order valence-corrected chi connectivity index (χ3v) is 3.29. The molecule has 7 nitrogen and oxygen atoms in total. The SMILES string of the molecule is CC(C)(C)NC(=O)c1ccc(OCCOCCOCCOCCCO)cc1. The number of carbonyl (C=O) groups excluding carboxylic acids is 1. The fraction of sp³-hybridized carbons (Fsp3) is 0.650. The van der Waals surface area contributed by atoms with Gasteiger partial charge in [0, 0.05) is 24.3 Å². The van der Waals surface area contributed by atoms with Crippen LogP contribution in [0.25, 0.3) is 0 Å². The average molecular weight is 383 g/mol. The molecule has 0 spiro atoms. The Kier molecular flexibility index (Phi) is 11.7. The summed E-state index contributed by atoms with van der Waals surface area (Å²) in [4.78, 5) is 12.0. The van der Waals surface area contributed by atoms with Crippen LogP contribution in [0.15, 0.2) is 24.3 Å². The second-order valence-corrected chi connectivity index (χ2v) is 6.99. The highest BCUT2D eigenvalue weighted by molar-refractivity contribution is 5.94. The second-order valence-electron chi connectivity index (χ2n) is 6.99. The number of aliphatic hydroxyl groups excluding tert-OH is 1. The molecular weight excluding hydrogens is 350 g/mol. The predicted octanol–water partition coefficient (Wildman–Crippen LogP) is 2.03. The summed E-state index contributed by atoms with van der Waals surface area (Å²) in [5.74, 6) is 0.596. The molecule has 1 amide bonds. The van der Waals surface area contributed by atoms with Crippen LogP contribution in [-0.2, 0) is 14.2 Å². The van der Waals surface area contributed by atoms with Gasteiger partial charge in [0.1, 0.15) is 12.4 Å². The van der Waals surface area contributed by atoms with Crippen LogP contribution in [0.2, 0.25) is 0 Å². The van der Waals surface area contributed by atoms with Gasteiger partial charge in [0.25, 0.3) is 5.91 Å². The third kappa shape index (κ3) is 12.4. The molecule has 0 bridgehead atoms. The Balaban J connectivity index is 2.04. The molecule has 0 fully saturated rings. The molecular formula is C20H33NO6. The molecule has 0 atom stereocenters. The summed E-state index contributed by atoms with van der Waals surface area (Å²) in [5.41, 5.74) is 0.339. The molecule has 154 valence electrons. The first-order valence-corrected chi connectivity index (χ1v) is 9.32. The van der Waals surface area contributed by atoms with Crippen molar-refractivity contribution in [3.05, 3.63) is 29.8 Å². The Morgan fingerprint density at radius 3 is 1.93 bits per heavy atom. The molecule has 0 saturated heterocycles. The molecule has 0 unspecified atom stereocenters. The van der Waals surface area contributed by atoms with E-state index in [9.17, 15) is 4.79 Å². The van der Waals surface area contributed by atoms with Gasteiger partial charge in [-0.1, -0.05) is 0 Å². The van der Waals surface area contributed by atoms with Crippen molar-refractivity contribution in [2.75, 3.05) is 52.9 Å². The molecule has 0 saturated carbocycles. The Labute approximate surface area is 162 Å². The van der Waals surface area contributed by atoms with E-state index in [1.807, 2.05) is 20.8 Å². The molecule has 0 radical (unpaired) electrons. The van der Waals surface area contributed by atoms with Crippen LogP contribution in [0.5, 0.6) is 5.75 Å². The van der Waals surface area contributed by atoms with Crippen molar-refractivity contribution >= 4 is 5.91 Å². The molecule has 1 rings (SSSR count). The van der Waals surface area contributed by atoms with E-state index in [0.29, 0.717) is 64.0 Å². The monoisotopic (exact) mass is 383 g/mol. The number of carbonyl (C=O) groups is 1. The van der Waals surface area contributed by atoms with Crippen LogP contribution in [0, 0.1) is 0 Å². The van der Waals surface area contributed by atoms with Gasteiger partial charge < -0.3 is 29.4 Å². The zero-order valence-electron chi connectivity index (χ0n) is 16.7. The second kappa shape index (κ2) is 13.5. The summed E-state index contributed by atoms with van der Waals surface area (Å²) >= 11 is 0. The van der Waals surface area contributed by atoms with E-state index in [1.54, 1.807) is 24.3 Å². The third-order valence-electron chi connectivity index (χ3n) is 3.29. The number of aliphatic hydroxyl groups is 1. The highest BCUT2D eigenvalue weighted by Crippen LogP contribution is 2.13. The van der Waals surface area contributed by atoms with E-state index in [-0.39, 0.29) is 18.1 Å². The Morgan fingerprint density at radius 2 is 1.41 bits per heavy atom. The predicted molar refractivity (Wildman–Crippen MR) is 103 cm³/mol. The zero-order chi connectivity index (χ0) is 20.0. The van der Waals surface area contributed by atoms with E-state index >= 15 is 0 Å². The topological polar surface area (TPSA) is 86.3 Å². The van der Waals surface area contributed by atoms with Crippen molar-refractivity contribution in [2.45, 2.75) is 32.7 Å². The lowest BCUT2D eigenvalue weighted by molar-refractivity contribution is 0.00752. The first-order valence-electron chi connectivity index (χ1n) is 9.32. The number of hydrogen-bond donors (Lipinski definition) is 2. The molecule has 7 heteroatoms. The van der Waals surface area contributed by atoms with Gasteiger partial charge in [-0.2, -0.15) is 0 Å². The van der Waals surface area contributed by atoms with Crippen LogP contribution in [0.4, 0.5) is 0 Å². The van der Waals surface area contributed by atoms with Crippen LogP contribution < -0.4 is 10.1 Å². The maximum Gasteiger partial charge on any atom is 0.251 e. The highest BCUT2D eigenvalue weighted by atomic mass is 16.6. The summed E-state index contributed by atoms with van der Waals surface area (Å²) in [6.07, 6.45) is 0.649. The van der Waals surface area contributed by atoms with Crippen molar-refractivity contribution in [2.24, 2.45) is 0 Å². The number of amides is 1. The summed E-state index contributed by atoms with van der Waals surface area (Å²) < 4.78 is 21.6. The summed E-state index contributed by atoms with van der Waals surface area (Å²) in [6.45, 7) is 9.45. The van der Waals surface area contributed by atoms with E-state index < -0.39 is 0 Å². The number of ether oxygens (including phenoxy) is 4. The molecule has 2 N–H and O–H groups in total. The quantitative estimate of drug-likeness (QED) is 0.478. The first kappa shape index (κ1) is 23.4. The van der Waals surface area contributed by atoms with Gasteiger partial charge in [-0.15, -0.1) is 0 Å². The standard InChI is InChI=1S/C20H33NO6/c1-20(2,3)21-19(23)17-5-7-18(8-6-17)27-16-15-26-14-13-25-12-11-24-10-4-9-22/h5-8,22H,4,9-16H2,1-3H3,(H,21,23). The van der Waals surface area contributed by atoms with Crippen molar-refractivity contribution in [3.8, 4) is 5.75 Å². The van der Waals surface area contributed by atoms with E-state index in [0.717, 1.165) is 0 Å². The number of rotatable bonds is 14. The van der Waals surface area contributed by atoms with Gasteiger partial charge in [-0.25, -0.2) is 0 Å². The van der Waals surface area contributed by atoms with E-state index in [1.165, 1.54) is 0 Å². The number of hydrogen-bond acceptors (Lipinski definition) is 6. The molecule has 0 aliphatic rings. The maximum atomic E-state index is 12.0. The lowest BCUT2D eigenvalue weighted by Gasteiger charge is -2.20. The molecule has 1 aromatic carbocycles. The van der Waals surface area contributed by atoms with Gasteiger partial charge in [-0.3, -0.25) is 4.79 Å². The van der Waals surface area contributed by atoms with Crippen molar-refractivity contribution in [3.63, 3.8) is 0 Å². The molecule has 27 heavy (non-hydrogen) atoms. The summed E-state index contributed by atoms with van der Waals surface area (Å²) in [7, 11) is 0. The maximum absolute atomic E-state index is 12.0. The number of nitrogens with one attached hydrogen (secondary N) is 1. The summed E-state index contributed by atoms with van der Waals surface area (Å²) in [5, 5.41) is 11.5. The van der Waals surface area contributed by atoms with Gasteiger partial charge in [0.15, 0.2) is 0 Å². The fourth-order valence-electron chi connectivity index (χ4n) is 2.04. The lowest BCUT2D eigenvalue weighted by atomic mass is 10.1. The van der Waals surface area contributed by atoms with Crippen molar-refractivity contribution < 1.29 is 28.8 Å². The minimum atomic E-state index is -0.264. The first-order chi connectivity index (χ1) is 12.9. The van der Waals surface area contributed by atoms with E-state index in [2.05, 4.69) is 5.32 Å². The van der Waals surface area contributed by atoms with Crippen molar-refractivity contribution in [1.29, 1.82) is 0 Å². The van der Waals surface area contributed by atoms with E-state index in [4.69, 9.17) is 24.1 Å². The van der Waals surface area contributed by atoms with Crippen LogP contribution in [0.3, 0.4) is 0 Å². The normalized spacial score (nSPS) is 11.4. The minimum Gasteiger partial charge on any atom is -0.491 e. The number of benzene rings is 1. The smallest absolute Gasteiger partial charge is 0.251 e. The van der Waals surface area contributed by atoms with Gasteiger partial charge >= 0.3 is 0 Å². The largest absolute Gasteiger partial charge is 0.491 e. The van der Waals surface area contributed by atoms with Gasteiger partial charge in [0.05, 0.1) is 33.0 Å². The Bertz CT molecular complexity index is 512. The zero-order valence-corrected chi connectivity index (χ0v) is 16.7. The van der Waals surface area contributed by atoms with Crippen LogP contribution in [-0.4, -0.2) is 69.4 Å². The molecule has 0 heterocycles. The fourth-order valence-corrected chi connectivity index (χ4v) is 2.04. The van der Waals surface area contributed by atoms with Crippen molar-refractivity contribution in [1.82, 2.24) is 5.32 Å². The molecule has 0 aliphatic heterocycles. The van der Waals surface area contributed by atoms with Crippen LogP contribution >= 0.6 is 0 Å². The summed E-state index contributed by atoms with van der Waals surface area (Å²) in [6, 6.07) is 7.04. The van der Waals surface area contributed by atoms with Gasteiger partial charge in [0.2, 0.25) is 0 Å². The van der Waals surface area contributed by atoms with Crippen LogP contribution in [0.1, 0.15) is 37.6 Å². The van der Waals surface area contributed by atoms with Gasteiger partial charge in [-0.05, 0) is 51.5 Å². The minimum absolute atomic E-state index is 0.101. The Hall–Kier alpha value is -1.67. The molecule has 1 aromatic rings.